The predicted molar refractivity (Wildman–Crippen MR) is 95.6 cm³/mol. The summed E-state index contributed by atoms with van der Waals surface area (Å²) in [6, 6.07) is 7.69. The fourth-order valence-corrected chi connectivity index (χ4v) is 3.79. The molecule has 3 heterocycles. The molecule has 0 aliphatic heterocycles. The Morgan fingerprint density at radius 1 is 1.12 bits per heavy atom. The van der Waals surface area contributed by atoms with Crippen LogP contribution in [0.4, 0.5) is 11.5 Å². The first kappa shape index (κ1) is 14.8. The van der Waals surface area contributed by atoms with Crippen molar-refractivity contribution < 1.29 is 5.11 Å². The minimum atomic E-state index is 0.0865. The summed E-state index contributed by atoms with van der Waals surface area (Å²) in [6.07, 6.45) is 1.50. The molecule has 1 aromatic carbocycles. The van der Waals surface area contributed by atoms with Crippen molar-refractivity contribution >= 4 is 44.0 Å². The number of aryl methyl sites for hydroxylation is 3. The summed E-state index contributed by atoms with van der Waals surface area (Å²) in [7, 11) is 1.80. The van der Waals surface area contributed by atoms with Gasteiger partial charge >= 0.3 is 0 Å². The monoisotopic (exact) mass is 337 g/mol. The highest BCUT2D eigenvalue weighted by atomic mass is 32.1. The Morgan fingerprint density at radius 3 is 2.75 bits per heavy atom. The molecule has 0 bridgehead atoms. The van der Waals surface area contributed by atoms with E-state index in [4.69, 9.17) is 0 Å². The van der Waals surface area contributed by atoms with Gasteiger partial charge in [0.1, 0.15) is 11.2 Å². The van der Waals surface area contributed by atoms with Crippen molar-refractivity contribution in [2.75, 3.05) is 0 Å². The van der Waals surface area contributed by atoms with Gasteiger partial charge in [0.15, 0.2) is 11.5 Å². The van der Waals surface area contributed by atoms with E-state index in [1.54, 1.807) is 23.0 Å². The molecule has 24 heavy (non-hydrogen) atoms. The molecule has 0 saturated heterocycles. The minimum absolute atomic E-state index is 0.0865. The van der Waals surface area contributed by atoms with Gasteiger partial charge in [0.05, 0.1) is 10.9 Å². The molecule has 0 aliphatic carbocycles. The van der Waals surface area contributed by atoms with Crippen molar-refractivity contribution in [3.05, 3.63) is 41.0 Å². The Labute approximate surface area is 142 Å². The number of azo groups is 1. The highest BCUT2D eigenvalue weighted by molar-refractivity contribution is 7.18. The molecule has 0 unspecified atom stereocenters. The second-order valence-corrected chi connectivity index (χ2v) is 6.81. The average molecular weight is 337 g/mol. The van der Waals surface area contributed by atoms with Crippen LogP contribution < -0.4 is 0 Å². The third-order valence-electron chi connectivity index (χ3n) is 4.24. The van der Waals surface area contributed by atoms with Crippen LogP contribution in [0.25, 0.3) is 21.1 Å². The minimum Gasteiger partial charge on any atom is -0.493 e. The lowest BCUT2D eigenvalue weighted by Crippen LogP contribution is -1.84. The number of thiophene rings is 1. The quantitative estimate of drug-likeness (QED) is 0.527. The van der Waals surface area contributed by atoms with Gasteiger partial charge in [0.25, 0.3) is 0 Å². The fourth-order valence-electron chi connectivity index (χ4n) is 2.80. The molecule has 0 saturated carbocycles. The fraction of sp³-hybridized carbons (Fsp3) is 0.176. The van der Waals surface area contributed by atoms with Gasteiger partial charge in [-0.1, -0.05) is 18.2 Å². The van der Waals surface area contributed by atoms with Gasteiger partial charge in [0, 0.05) is 17.3 Å². The molecule has 0 atom stereocenters. The van der Waals surface area contributed by atoms with E-state index in [0.717, 1.165) is 26.7 Å². The summed E-state index contributed by atoms with van der Waals surface area (Å²) in [6.45, 7) is 4.09. The molecule has 0 spiro atoms. The maximum atomic E-state index is 10.3. The van der Waals surface area contributed by atoms with E-state index in [1.807, 2.05) is 31.2 Å². The van der Waals surface area contributed by atoms with Crippen molar-refractivity contribution in [1.82, 2.24) is 14.5 Å². The number of fused-ring (bicyclic) bond motifs is 2. The molecular formula is C17H15N5OS. The average Bonchev–Trinajstić information content (AvgIpc) is 3.02. The van der Waals surface area contributed by atoms with Gasteiger partial charge in [-0.15, -0.1) is 21.6 Å². The summed E-state index contributed by atoms with van der Waals surface area (Å²) in [5, 5.41) is 20.7. The van der Waals surface area contributed by atoms with Crippen LogP contribution in [0, 0.1) is 13.8 Å². The van der Waals surface area contributed by atoms with Crippen molar-refractivity contribution in [2.45, 2.75) is 13.8 Å². The second kappa shape index (κ2) is 5.38. The molecule has 6 nitrogen and oxygen atoms in total. The normalized spacial score (nSPS) is 12.0. The number of para-hydroxylation sites is 1. The van der Waals surface area contributed by atoms with E-state index in [2.05, 4.69) is 27.1 Å². The van der Waals surface area contributed by atoms with Gasteiger partial charge in [-0.3, -0.25) is 0 Å². The summed E-state index contributed by atoms with van der Waals surface area (Å²) < 4.78 is 1.69. The summed E-state index contributed by atoms with van der Waals surface area (Å²) in [4.78, 5) is 10.7. The molecule has 3 aromatic heterocycles. The molecule has 0 aliphatic rings. The zero-order valence-corrected chi connectivity index (χ0v) is 14.3. The lowest BCUT2D eigenvalue weighted by atomic mass is 10.2. The molecule has 4 aromatic rings. The SMILES string of the molecule is Cc1sc2ncnc(N=Nc3c(O)n(C)c4ccccc34)c2c1C. The highest BCUT2D eigenvalue weighted by Crippen LogP contribution is 2.39. The van der Waals surface area contributed by atoms with Gasteiger partial charge in [-0.2, -0.15) is 0 Å². The van der Waals surface area contributed by atoms with Crippen molar-refractivity contribution in [2.24, 2.45) is 17.3 Å². The van der Waals surface area contributed by atoms with Crippen LogP contribution in [-0.4, -0.2) is 19.6 Å². The van der Waals surface area contributed by atoms with E-state index in [0.29, 0.717) is 11.5 Å². The van der Waals surface area contributed by atoms with Crippen LogP contribution in [0.1, 0.15) is 10.4 Å². The van der Waals surface area contributed by atoms with Crippen molar-refractivity contribution in [1.29, 1.82) is 0 Å². The smallest absolute Gasteiger partial charge is 0.220 e. The predicted octanol–water partition coefficient (Wildman–Crippen LogP) is 4.92. The molecule has 120 valence electrons. The number of nitrogens with zero attached hydrogens (tertiary/aromatic N) is 5. The van der Waals surface area contributed by atoms with Crippen LogP contribution in [0.5, 0.6) is 5.88 Å². The van der Waals surface area contributed by atoms with Gasteiger partial charge in [0.2, 0.25) is 5.88 Å². The van der Waals surface area contributed by atoms with Crippen LogP contribution in [-0.2, 0) is 7.05 Å². The third-order valence-corrected chi connectivity index (χ3v) is 5.36. The molecule has 7 heteroatoms. The molecule has 1 N–H and O–H groups in total. The van der Waals surface area contributed by atoms with Crippen LogP contribution in [0.15, 0.2) is 40.8 Å². The Hall–Kier alpha value is -2.80. The Morgan fingerprint density at radius 2 is 1.92 bits per heavy atom. The summed E-state index contributed by atoms with van der Waals surface area (Å²) in [5.41, 5.74) is 2.47. The van der Waals surface area contributed by atoms with Gasteiger partial charge < -0.3 is 9.67 Å². The van der Waals surface area contributed by atoms with Gasteiger partial charge in [-0.25, -0.2) is 9.97 Å². The van der Waals surface area contributed by atoms with Crippen LogP contribution in [0.2, 0.25) is 0 Å². The Balaban J connectivity index is 1.89. The van der Waals surface area contributed by atoms with E-state index in [-0.39, 0.29) is 5.88 Å². The maximum Gasteiger partial charge on any atom is 0.220 e. The maximum absolute atomic E-state index is 10.3. The van der Waals surface area contributed by atoms with E-state index >= 15 is 0 Å². The zero-order chi connectivity index (χ0) is 16.8. The second-order valence-electron chi connectivity index (χ2n) is 5.61. The molecule has 0 radical (unpaired) electrons. The topological polar surface area (TPSA) is 75.7 Å². The molecule has 0 amide bonds. The number of hydrogen-bond donors (Lipinski definition) is 1. The molecule has 4 rings (SSSR count). The standard InChI is InChI=1S/C17H15N5OS/c1-9-10(2)24-16-13(9)15(18-8-19-16)21-20-14-11-6-4-5-7-12(11)22(3)17(14)23/h4-8,23H,1-3H3. The van der Waals surface area contributed by atoms with Crippen molar-refractivity contribution in [3.8, 4) is 5.88 Å². The number of hydrogen-bond acceptors (Lipinski definition) is 6. The lowest BCUT2D eigenvalue weighted by molar-refractivity contribution is 0.436. The first-order valence-electron chi connectivity index (χ1n) is 7.46. The Kier molecular flexibility index (Phi) is 3.31. The number of aromatic hydroxyl groups is 1. The molecular weight excluding hydrogens is 322 g/mol. The van der Waals surface area contributed by atoms with Gasteiger partial charge in [-0.05, 0) is 25.5 Å². The van der Waals surface area contributed by atoms with Crippen LogP contribution in [0.3, 0.4) is 0 Å². The first-order valence-corrected chi connectivity index (χ1v) is 8.28. The Bertz CT molecular complexity index is 1110. The molecule has 0 fully saturated rings. The first-order chi connectivity index (χ1) is 11.6. The van der Waals surface area contributed by atoms with Crippen LogP contribution >= 0.6 is 11.3 Å². The highest BCUT2D eigenvalue weighted by Gasteiger charge is 2.15. The summed E-state index contributed by atoms with van der Waals surface area (Å²) >= 11 is 1.62. The summed E-state index contributed by atoms with van der Waals surface area (Å²) in [5.74, 6) is 0.609. The zero-order valence-electron chi connectivity index (χ0n) is 13.5. The third kappa shape index (κ3) is 2.09. The number of benzene rings is 1. The van der Waals surface area contributed by atoms with E-state index < -0.39 is 0 Å². The number of aromatic nitrogens is 3. The van der Waals surface area contributed by atoms with Crippen molar-refractivity contribution in [3.63, 3.8) is 0 Å². The lowest BCUT2D eigenvalue weighted by Gasteiger charge is -1.97. The van der Waals surface area contributed by atoms with E-state index in [1.165, 1.54) is 11.2 Å². The van der Waals surface area contributed by atoms with E-state index in [9.17, 15) is 5.11 Å². The number of rotatable bonds is 2. The largest absolute Gasteiger partial charge is 0.493 e.